The summed E-state index contributed by atoms with van der Waals surface area (Å²) in [7, 11) is 3.34. The van der Waals surface area contributed by atoms with Crippen LogP contribution in [0.3, 0.4) is 0 Å². The highest BCUT2D eigenvalue weighted by Crippen LogP contribution is 1.93. The molecule has 0 aromatic carbocycles. The van der Waals surface area contributed by atoms with Gasteiger partial charge in [0, 0.05) is 13.5 Å². The van der Waals surface area contributed by atoms with Crippen molar-refractivity contribution in [2.24, 2.45) is 12.9 Å². The third kappa shape index (κ3) is 3.05. The number of methoxy groups -OCH3 is 1. The molecule has 0 aliphatic rings. The predicted octanol–water partition coefficient (Wildman–Crippen LogP) is -1.77. The van der Waals surface area contributed by atoms with Gasteiger partial charge in [-0.05, 0) is 5.21 Å². The fraction of sp³-hybridized carbons (Fsp3) is 0.833. The first-order valence-electron chi connectivity index (χ1n) is 3.94. The van der Waals surface area contributed by atoms with Gasteiger partial charge in [0.1, 0.15) is 0 Å². The van der Waals surface area contributed by atoms with Gasteiger partial charge in [-0.2, -0.15) is 4.80 Å². The van der Waals surface area contributed by atoms with E-state index in [9.17, 15) is 0 Å². The van der Waals surface area contributed by atoms with Crippen molar-refractivity contribution in [3.63, 3.8) is 0 Å². The molecule has 0 bridgehead atoms. The Kier molecular flexibility index (Phi) is 3.74. The lowest BCUT2D eigenvalue weighted by Gasteiger charge is -2.11. The van der Waals surface area contributed by atoms with Gasteiger partial charge in [0.25, 0.3) is 0 Å². The van der Waals surface area contributed by atoms with Crippen molar-refractivity contribution in [3.05, 3.63) is 5.82 Å². The molecule has 0 saturated heterocycles. The summed E-state index contributed by atoms with van der Waals surface area (Å²) >= 11 is 0. The average molecular weight is 186 g/mol. The SMILES string of the molecule is COCC(Cc1nnn(C)n1)NN. The fourth-order valence-corrected chi connectivity index (χ4v) is 0.993. The Hall–Kier alpha value is -1.05. The van der Waals surface area contributed by atoms with Crippen molar-refractivity contribution >= 4 is 0 Å². The van der Waals surface area contributed by atoms with E-state index in [1.807, 2.05) is 0 Å². The zero-order chi connectivity index (χ0) is 9.68. The van der Waals surface area contributed by atoms with Crippen molar-refractivity contribution in [2.75, 3.05) is 13.7 Å². The van der Waals surface area contributed by atoms with E-state index >= 15 is 0 Å². The molecule has 13 heavy (non-hydrogen) atoms. The number of hydrogen-bond acceptors (Lipinski definition) is 6. The van der Waals surface area contributed by atoms with Crippen molar-refractivity contribution < 1.29 is 4.74 Å². The normalized spacial score (nSPS) is 13.2. The maximum Gasteiger partial charge on any atom is 0.176 e. The van der Waals surface area contributed by atoms with Crippen LogP contribution in [0.1, 0.15) is 5.82 Å². The van der Waals surface area contributed by atoms with Crippen LogP contribution in [0.15, 0.2) is 0 Å². The molecule has 7 nitrogen and oxygen atoms in total. The molecule has 3 N–H and O–H groups in total. The molecule has 1 aromatic heterocycles. The van der Waals surface area contributed by atoms with Gasteiger partial charge in [-0.25, -0.2) is 0 Å². The van der Waals surface area contributed by atoms with Crippen LogP contribution >= 0.6 is 0 Å². The summed E-state index contributed by atoms with van der Waals surface area (Å²) in [4.78, 5) is 1.41. The van der Waals surface area contributed by atoms with Crippen molar-refractivity contribution in [1.29, 1.82) is 0 Å². The molecule has 1 heterocycles. The van der Waals surface area contributed by atoms with Crippen LogP contribution in [0.25, 0.3) is 0 Å². The zero-order valence-electron chi connectivity index (χ0n) is 7.77. The molecule has 1 aromatic rings. The van der Waals surface area contributed by atoms with Gasteiger partial charge in [0.05, 0.1) is 19.7 Å². The quantitative estimate of drug-likeness (QED) is 0.418. The van der Waals surface area contributed by atoms with Gasteiger partial charge in [-0.1, -0.05) is 0 Å². The van der Waals surface area contributed by atoms with E-state index in [1.165, 1.54) is 4.80 Å². The van der Waals surface area contributed by atoms with Crippen LogP contribution in [0, 0.1) is 0 Å². The van der Waals surface area contributed by atoms with Crippen LogP contribution in [0.4, 0.5) is 0 Å². The van der Waals surface area contributed by atoms with E-state index < -0.39 is 0 Å². The highest BCUT2D eigenvalue weighted by atomic mass is 16.5. The van der Waals surface area contributed by atoms with Gasteiger partial charge < -0.3 is 4.74 Å². The molecule has 0 radical (unpaired) electrons. The van der Waals surface area contributed by atoms with E-state index in [4.69, 9.17) is 10.6 Å². The van der Waals surface area contributed by atoms with Crippen molar-refractivity contribution in [2.45, 2.75) is 12.5 Å². The van der Waals surface area contributed by atoms with Crippen LogP contribution in [-0.4, -0.2) is 40.0 Å². The van der Waals surface area contributed by atoms with E-state index in [1.54, 1.807) is 14.2 Å². The van der Waals surface area contributed by atoms with Crippen LogP contribution < -0.4 is 11.3 Å². The lowest BCUT2D eigenvalue weighted by Crippen LogP contribution is -2.40. The summed E-state index contributed by atoms with van der Waals surface area (Å²) in [6.07, 6.45) is 0.609. The molecule has 1 atom stereocenters. The lowest BCUT2D eigenvalue weighted by atomic mass is 10.2. The molecule has 7 heteroatoms. The number of nitrogens with zero attached hydrogens (tertiary/aromatic N) is 4. The second-order valence-electron chi connectivity index (χ2n) is 2.72. The molecule has 1 rings (SSSR count). The Morgan fingerprint density at radius 2 is 2.46 bits per heavy atom. The number of nitrogens with two attached hydrogens (primary N) is 1. The summed E-state index contributed by atoms with van der Waals surface area (Å²) in [5.74, 6) is 5.96. The van der Waals surface area contributed by atoms with Crippen LogP contribution in [-0.2, 0) is 18.2 Å². The van der Waals surface area contributed by atoms with Gasteiger partial charge >= 0.3 is 0 Å². The van der Waals surface area contributed by atoms with Gasteiger partial charge in [0.15, 0.2) is 5.82 Å². The Labute approximate surface area is 76.2 Å². The largest absolute Gasteiger partial charge is 0.383 e. The Morgan fingerprint density at radius 3 is 2.92 bits per heavy atom. The van der Waals surface area contributed by atoms with Gasteiger partial charge in [-0.3, -0.25) is 11.3 Å². The topological polar surface area (TPSA) is 90.9 Å². The van der Waals surface area contributed by atoms with E-state index in [0.29, 0.717) is 18.9 Å². The van der Waals surface area contributed by atoms with E-state index in [-0.39, 0.29) is 6.04 Å². The molecule has 0 fully saturated rings. The van der Waals surface area contributed by atoms with Gasteiger partial charge in [-0.15, -0.1) is 10.2 Å². The summed E-state index contributed by atoms with van der Waals surface area (Å²) in [5.41, 5.74) is 2.62. The first-order chi connectivity index (χ1) is 6.26. The smallest absolute Gasteiger partial charge is 0.176 e. The number of aryl methyl sites for hydroxylation is 1. The fourth-order valence-electron chi connectivity index (χ4n) is 0.993. The number of aromatic nitrogens is 4. The Balaban J connectivity index is 2.46. The molecule has 0 spiro atoms. The summed E-state index contributed by atoms with van der Waals surface area (Å²) in [6.45, 7) is 0.523. The number of ether oxygens (including phenoxy) is 1. The summed E-state index contributed by atoms with van der Waals surface area (Å²) in [5, 5.41) is 11.6. The molecule has 0 amide bonds. The maximum atomic E-state index is 5.30. The molecular weight excluding hydrogens is 172 g/mol. The van der Waals surface area contributed by atoms with Crippen molar-refractivity contribution in [3.8, 4) is 0 Å². The summed E-state index contributed by atoms with van der Waals surface area (Å²) < 4.78 is 4.95. The standard InChI is InChI=1S/C6H14N6O/c1-12-10-6(9-11-12)3-5(8-7)4-13-2/h5,8H,3-4,7H2,1-2H3. The third-order valence-electron chi connectivity index (χ3n) is 1.58. The molecular formula is C6H14N6O. The predicted molar refractivity (Wildman–Crippen MR) is 45.5 cm³/mol. The summed E-state index contributed by atoms with van der Waals surface area (Å²) in [6, 6.07) is 0.0224. The third-order valence-corrected chi connectivity index (χ3v) is 1.58. The Bertz CT molecular complexity index is 249. The Morgan fingerprint density at radius 1 is 1.69 bits per heavy atom. The number of hydrazine groups is 1. The van der Waals surface area contributed by atoms with Crippen LogP contribution in [0.5, 0.6) is 0 Å². The molecule has 0 aliphatic heterocycles. The average Bonchev–Trinajstić information content (AvgIpc) is 2.50. The highest BCUT2D eigenvalue weighted by molar-refractivity contribution is 4.83. The minimum absolute atomic E-state index is 0.0224. The number of nitrogens with one attached hydrogen (secondary N) is 1. The molecule has 0 aliphatic carbocycles. The zero-order valence-corrected chi connectivity index (χ0v) is 7.77. The highest BCUT2D eigenvalue weighted by Gasteiger charge is 2.10. The second kappa shape index (κ2) is 4.85. The minimum Gasteiger partial charge on any atom is -0.383 e. The van der Waals surface area contributed by atoms with E-state index in [2.05, 4.69) is 20.8 Å². The maximum absolute atomic E-state index is 5.30. The van der Waals surface area contributed by atoms with Gasteiger partial charge in [0.2, 0.25) is 0 Å². The first-order valence-corrected chi connectivity index (χ1v) is 3.94. The molecule has 74 valence electrons. The monoisotopic (exact) mass is 186 g/mol. The minimum atomic E-state index is 0.0224. The second-order valence-corrected chi connectivity index (χ2v) is 2.72. The molecule has 1 unspecified atom stereocenters. The van der Waals surface area contributed by atoms with E-state index in [0.717, 1.165) is 0 Å². The number of rotatable bonds is 5. The lowest BCUT2D eigenvalue weighted by molar-refractivity contribution is 0.165. The van der Waals surface area contributed by atoms with Crippen molar-refractivity contribution in [1.82, 2.24) is 25.6 Å². The molecule has 0 saturated carbocycles. The number of tetrazole rings is 1. The number of hydrogen-bond donors (Lipinski definition) is 2. The first kappa shape index (κ1) is 10.0. The van der Waals surface area contributed by atoms with Crippen LogP contribution in [0.2, 0.25) is 0 Å².